The third kappa shape index (κ3) is 2.49. The van der Waals surface area contributed by atoms with Gasteiger partial charge in [-0.25, -0.2) is 0 Å². The molecule has 2 aromatic carbocycles. The Kier molecular flexibility index (Phi) is 4.36. The van der Waals surface area contributed by atoms with Gasteiger partial charge < -0.3 is 4.74 Å². The van der Waals surface area contributed by atoms with E-state index in [9.17, 15) is 4.79 Å². The first kappa shape index (κ1) is 16.4. The minimum Gasteiger partial charge on any atom is -0.347 e. The van der Waals surface area contributed by atoms with Gasteiger partial charge in [0.15, 0.2) is 0 Å². The number of hydrogen-bond donors (Lipinski definition) is 0. The molecule has 0 unspecified atom stereocenters. The fourth-order valence-electron chi connectivity index (χ4n) is 3.10. The van der Waals surface area contributed by atoms with E-state index in [1.165, 1.54) is 11.8 Å². The number of amides is 1. The SMILES string of the molecule is O=C1N(c2ccc(Cl)cc2)[C@H](c2ccccc2)[C@@]12OC/C(=C\I)S2. The molecule has 0 radical (unpaired) electrons. The lowest BCUT2D eigenvalue weighted by atomic mass is 9.89. The Hall–Kier alpha value is -1.02. The summed E-state index contributed by atoms with van der Waals surface area (Å²) in [6.45, 7) is 0.483. The first-order valence-corrected chi connectivity index (χ1v) is 9.86. The second-order valence-corrected chi connectivity index (χ2v) is 7.99. The van der Waals surface area contributed by atoms with Gasteiger partial charge in [-0.2, -0.15) is 0 Å². The lowest BCUT2D eigenvalue weighted by molar-refractivity contribution is -0.145. The van der Waals surface area contributed by atoms with Crippen molar-refractivity contribution in [1.29, 1.82) is 0 Å². The van der Waals surface area contributed by atoms with Crippen molar-refractivity contribution >= 4 is 57.5 Å². The number of benzene rings is 2. The molecule has 2 heterocycles. The highest BCUT2D eigenvalue weighted by molar-refractivity contribution is 14.1. The zero-order valence-electron chi connectivity index (χ0n) is 12.5. The van der Waals surface area contributed by atoms with Crippen LogP contribution in [0.2, 0.25) is 5.02 Å². The zero-order valence-corrected chi connectivity index (χ0v) is 16.2. The van der Waals surface area contributed by atoms with E-state index in [1.54, 1.807) is 17.0 Å². The predicted molar refractivity (Wildman–Crippen MR) is 106 cm³/mol. The van der Waals surface area contributed by atoms with Crippen molar-refractivity contribution in [2.75, 3.05) is 11.5 Å². The topological polar surface area (TPSA) is 29.5 Å². The van der Waals surface area contributed by atoms with Crippen LogP contribution in [0.4, 0.5) is 5.69 Å². The van der Waals surface area contributed by atoms with Gasteiger partial charge in [0.2, 0.25) is 4.93 Å². The fraction of sp³-hybridized carbons (Fsp3) is 0.167. The second kappa shape index (κ2) is 6.37. The van der Waals surface area contributed by atoms with Crippen molar-refractivity contribution in [2.45, 2.75) is 11.0 Å². The number of rotatable bonds is 2. The van der Waals surface area contributed by atoms with Crippen LogP contribution in [0, 0.1) is 0 Å². The molecule has 1 amide bonds. The molecule has 4 rings (SSSR count). The molecule has 0 bridgehead atoms. The molecule has 0 N–H and O–H groups in total. The number of halogens is 2. The van der Waals surface area contributed by atoms with Gasteiger partial charge in [-0.3, -0.25) is 9.69 Å². The van der Waals surface area contributed by atoms with Crippen molar-refractivity contribution in [1.82, 2.24) is 0 Å². The van der Waals surface area contributed by atoms with E-state index in [0.29, 0.717) is 11.6 Å². The monoisotopic (exact) mass is 469 g/mol. The molecule has 24 heavy (non-hydrogen) atoms. The summed E-state index contributed by atoms with van der Waals surface area (Å²) >= 11 is 9.71. The highest BCUT2D eigenvalue weighted by Crippen LogP contribution is 2.59. The molecular weight excluding hydrogens is 457 g/mol. The van der Waals surface area contributed by atoms with E-state index in [0.717, 1.165) is 16.2 Å². The van der Waals surface area contributed by atoms with Crippen molar-refractivity contribution in [3.8, 4) is 0 Å². The summed E-state index contributed by atoms with van der Waals surface area (Å²) in [6.07, 6.45) is 0. The molecule has 0 saturated carbocycles. The lowest BCUT2D eigenvalue weighted by Gasteiger charge is -2.52. The number of hydrogen-bond acceptors (Lipinski definition) is 3. The lowest BCUT2D eigenvalue weighted by Crippen LogP contribution is -2.67. The zero-order chi connectivity index (χ0) is 16.7. The molecule has 2 aromatic rings. The predicted octanol–water partition coefficient (Wildman–Crippen LogP) is 5.16. The Morgan fingerprint density at radius 1 is 1.21 bits per heavy atom. The molecule has 1 spiro atoms. The smallest absolute Gasteiger partial charge is 0.273 e. The van der Waals surface area contributed by atoms with E-state index < -0.39 is 4.93 Å². The van der Waals surface area contributed by atoms with Gasteiger partial charge in [0.05, 0.1) is 6.61 Å². The van der Waals surface area contributed by atoms with Crippen molar-refractivity contribution in [3.05, 3.63) is 74.2 Å². The van der Waals surface area contributed by atoms with Gasteiger partial charge in [0.1, 0.15) is 6.04 Å². The number of carbonyl (C=O) groups excluding carboxylic acids is 1. The summed E-state index contributed by atoms with van der Waals surface area (Å²) in [7, 11) is 0. The largest absolute Gasteiger partial charge is 0.347 e. The van der Waals surface area contributed by atoms with Gasteiger partial charge in [-0.15, -0.1) is 0 Å². The first-order chi connectivity index (χ1) is 11.7. The number of anilines is 1. The molecule has 0 aromatic heterocycles. The molecule has 2 aliphatic heterocycles. The molecule has 2 fully saturated rings. The summed E-state index contributed by atoms with van der Waals surface area (Å²) in [6, 6.07) is 17.2. The van der Waals surface area contributed by atoms with Gasteiger partial charge in [-0.05, 0) is 33.9 Å². The van der Waals surface area contributed by atoms with Crippen LogP contribution < -0.4 is 4.90 Å². The third-order valence-electron chi connectivity index (χ3n) is 4.19. The van der Waals surface area contributed by atoms with Crippen LogP contribution in [0.1, 0.15) is 11.6 Å². The van der Waals surface area contributed by atoms with Crippen LogP contribution in [0.25, 0.3) is 0 Å². The van der Waals surface area contributed by atoms with Gasteiger partial charge in [0, 0.05) is 15.6 Å². The Morgan fingerprint density at radius 3 is 2.54 bits per heavy atom. The average molecular weight is 470 g/mol. The van der Waals surface area contributed by atoms with Gasteiger partial charge in [0.25, 0.3) is 5.91 Å². The highest BCUT2D eigenvalue weighted by Gasteiger charge is 2.66. The molecule has 0 aliphatic carbocycles. The van der Waals surface area contributed by atoms with Gasteiger partial charge in [-0.1, -0.05) is 76.3 Å². The van der Waals surface area contributed by atoms with Crippen LogP contribution in [-0.2, 0) is 9.53 Å². The highest BCUT2D eigenvalue weighted by atomic mass is 127. The molecular formula is C18H13ClINO2S. The minimum atomic E-state index is -0.863. The van der Waals surface area contributed by atoms with E-state index in [4.69, 9.17) is 16.3 Å². The summed E-state index contributed by atoms with van der Waals surface area (Å²) < 4.78 is 7.99. The maximum Gasteiger partial charge on any atom is 0.273 e. The molecule has 2 atom stereocenters. The van der Waals surface area contributed by atoms with Crippen LogP contribution in [0.3, 0.4) is 0 Å². The van der Waals surface area contributed by atoms with Crippen molar-refractivity contribution in [2.24, 2.45) is 0 Å². The van der Waals surface area contributed by atoms with Crippen LogP contribution in [0.5, 0.6) is 0 Å². The van der Waals surface area contributed by atoms with Gasteiger partial charge >= 0.3 is 0 Å². The fourth-order valence-corrected chi connectivity index (χ4v) is 5.00. The summed E-state index contributed by atoms with van der Waals surface area (Å²) in [5.74, 6) is -0.0167. The third-order valence-corrected chi connectivity index (χ3v) is 6.93. The van der Waals surface area contributed by atoms with Crippen LogP contribution in [0.15, 0.2) is 63.6 Å². The normalized spacial score (nSPS) is 27.8. The van der Waals surface area contributed by atoms with Crippen molar-refractivity contribution < 1.29 is 9.53 Å². The molecule has 6 heteroatoms. The number of β-lactam (4-membered cyclic amide) rings is 1. The Labute approximate surface area is 163 Å². The maximum atomic E-state index is 13.0. The average Bonchev–Trinajstić information content (AvgIpc) is 3.08. The maximum absolute atomic E-state index is 13.0. The number of carbonyl (C=O) groups is 1. The molecule has 122 valence electrons. The quantitative estimate of drug-likeness (QED) is 0.449. The molecule has 3 nitrogen and oxygen atoms in total. The molecule has 2 saturated heterocycles. The number of ether oxygens (including phenoxy) is 1. The summed E-state index contributed by atoms with van der Waals surface area (Å²) in [5, 5.41) is 0.652. The summed E-state index contributed by atoms with van der Waals surface area (Å²) in [5.41, 5.74) is 1.90. The van der Waals surface area contributed by atoms with Crippen LogP contribution >= 0.6 is 46.0 Å². The van der Waals surface area contributed by atoms with E-state index in [2.05, 4.69) is 22.6 Å². The van der Waals surface area contributed by atoms with E-state index in [1.807, 2.05) is 46.5 Å². The Bertz CT molecular complexity index is 812. The Balaban J connectivity index is 1.78. The van der Waals surface area contributed by atoms with E-state index in [-0.39, 0.29) is 11.9 Å². The van der Waals surface area contributed by atoms with Crippen molar-refractivity contribution in [3.63, 3.8) is 0 Å². The number of thioether (sulfide) groups is 1. The molecule has 2 aliphatic rings. The first-order valence-electron chi connectivity index (χ1n) is 7.42. The Morgan fingerprint density at radius 2 is 1.92 bits per heavy atom. The standard InChI is InChI=1S/C18H13ClINO2S/c19-13-6-8-14(9-7-13)21-16(12-4-2-1-3-5-12)18(17(21)22)23-11-15(10-20)24-18/h1-10,16H,11H2/b15-10+/t16-,18+/m1/s1. The summed E-state index contributed by atoms with van der Waals surface area (Å²) in [4.78, 5) is 15.1. The minimum absolute atomic E-state index is 0.0167. The van der Waals surface area contributed by atoms with E-state index >= 15 is 0 Å². The second-order valence-electron chi connectivity index (χ2n) is 5.60. The van der Waals surface area contributed by atoms with Crippen LogP contribution in [-0.4, -0.2) is 17.4 Å². The number of nitrogens with zero attached hydrogens (tertiary/aromatic N) is 1.